The van der Waals surface area contributed by atoms with Gasteiger partial charge in [0, 0.05) is 25.6 Å². The van der Waals surface area contributed by atoms with E-state index in [0.717, 1.165) is 32.2 Å². The molecule has 5 nitrogen and oxygen atoms in total. The van der Waals surface area contributed by atoms with Crippen LogP contribution in [0, 0.1) is 5.92 Å². The van der Waals surface area contributed by atoms with Gasteiger partial charge in [-0.2, -0.15) is 0 Å². The van der Waals surface area contributed by atoms with Crippen LogP contribution >= 0.6 is 0 Å². The predicted octanol–water partition coefficient (Wildman–Crippen LogP) is 0.636. The normalized spacial score (nSPS) is 32.9. The SMILES string of the molecule is COCCOCC(O)CN1CCCC1C1CCCC1O. The van der Waals surface area contributed by atoms with Crippen LogP contribution in [0.2, 0.25) is 0 Å². The molecule has 1 aliphatic carbocycles. The summed E-state index contributed by atoms with van der Waals surface area (Å²) in [7, 11) is 1.64. The molecule has 2 fully saturated rings. The van der Waals surface area contributed by atoms with Crippen molar-refractivity contribution in [1.29, 1.82) is 0 Å². The van der Waals surface area contributed by atoms with E-state index in [1.807, 2.05) is 0 Å². The third kappa shape index (κ3) is 4.40. The summed E-state index contributed by atoms with van der Waals surface area (Å²) in [4.78, 5) is 2.35. The largest absolute Gasteiger partial charge is 0.393 e. The molecule has 1 saturated carbocycles. The van der Waals surface area contributed by atoms with E-state index in [2.05, 4.69) is 4.90 Å². The maximum Gasteiger partial charge on any atom is 0.0900 e. The molecule has 0 aromatic rings. The molecule has 0 aromatic carbocycles. The second kappa shape index (κ2) is 8.29. The Balaban J connectivity index is 1.73. The van der Waals surface area contributed by atoms with Crippen molar-refractivity contribution in [3.63, 3.8) is 0 Å². The number of hydrogen-bond acceptors (Lipinski definition) is 5. The number of ether oxygens (including phenoxy) is 2. The van der Waals surface area contributed by atoms with Gasteiger partial charge in [-0.3, -0.25) is 4.90 Å². The lowest BCUT2D eigenvalue weighted by Crippen LogP contribution is -2.43. The average Bonchev–Trinajstić information content (AvgIpc) is 3.03. The molecule has 0 bridgehead atoms. The molecule has 2 N–H and O–H groups in total. The molecule has 1 heterocycles. The summed E-state index contributed by atoms with van der Waals surface area (Å²) in [5.41, 5.74) is 0. The summed E-state index contributed by atoms with van der Waals surface area (Å²) < 4.78 is 10.3. The van der Waals surface area contributed by atoms with Crippen LogP contribution in [-0.2, 0) is 9.47 Å². The molecule has 1 aliphatic heterocycles. The molecule has 1 saturated heterocycles. The summed E-state index contributed by atoms with van der Waals surface area (Å²) >= 11 is 0. The van der Waals surface area contributed by atoms with E-state index in [1.54, 1.807) is 7.11 Å². The van der Waals surface area contributed by atoms with E-state index in [4.69, 9.17) is 9.47 Å². The predicted molar refractivity (Wildman–Crippen MR) is 76.6 cm³/mol. The topological polar surface area (TPSA) is 62.2 Å². The fourth-order valence-corrected chi connectivity index (χ4v) is 3.67. The molecule has 2 aliphatic rings. The number of aliphatic hydroxyl groups excluding tert-OH is 2. The maximum absolute atomic E-state index is 10.1. The average molecular weight is 287 g/mol. The van der Waals surface area contributed by atoms with Gasteiger partial charge in [-0.05, 0) is 32.2 Å². The van der Waals surface area contributed by atoms with E-state index < -0.39 is 6.10 Å². The van der Waals surface area contributed by atoms with Gasteiger partial charge >= 0.3 is 0 Å². The first-order chi connectivity index (χ1) is 9.72. The highest BCUT2D eigenvalue weighted by Gasteiger charge is 2.38. The monoisotopic (exact) mass is 287 g/mol. The highest BCUT2D eigenvalue weighted by atomic mass is 16.5. The van der Waals surface area contributed by atoms with Gasteiger partial charge < -0.3 is 19.7 Å². The zero-order chi connectivity index (χ0) is 14.4. The van der Waals surface area contributed by atoms with Crippen molar-refractivity contribution in [1.82, 2.24) is 4.90 Å². The Hall–Kier alpha value is -0.200. The van der Waals surface area contributed by atoms with Crippen LogP contribution < -0.4 is 0 Å². The fourth-order valence-electron chi connectivity index (χ4n) is 3.67. The molecule has 118 valence electrons. The first-order valence-corrected chi connectivity index (χ1v) is 7.89. The van der Waals surface area contributed by atoms with E-state index >= 15 is 0 Å². The van der Waals surface area contributed by atoms with Crippen LogP contribution in [0.1, 0.15) is 32.1 Å². The van der Waals surface area contributed by atoms with Crippen LogP contribution in [0.25, 0.3) is 0 Å². The summed E-state index contributed by atoms with van der Waals surface area (Å²) in [6.45, 7) is 3.13. The van der Waals surface area contributed by atoms with E-state index in [1.165, 1.54) is 6.42 Å². The summed E-state index contributed by atoms with van der Waals surface area (Å²) in [5, 5.41) is 20.1. The van der Waals surface area contributed by atoms with Crippen molar-refractivity contribution < 1.29 is 19.7 Å². The van der Waals surface area contributed by atoms with Crippen molar-refractivity contribution in [2.45, 2.75) is 50.4 Å². The summed E-state index contributed by atoms with van der Waals surface area (Å²) in [6.07, 6.45) is 4.94. The Labute approximate surface area is 121 Å². The molecule has 0 spiro atoms. The molecular weight excluding hydrogens is 258 g/mol. The number of methoxy groups -OCH3 is 1. The second-order valence-corrected chi connectivity index (χ2v) is 6.09. The minimum atomic E-state index is -0.453. The fraction of sp³-hybridized carbons (Fsp3) is 1.00. The lowest BCUT2D eigenvalue weighted by atomic mass is 9.94. The number of hydrogen-bond donors (Lipinski definition) is 2. The first-order valence-electron chi connectivity index (χ1n) is 7.89. The zero-order valence-electron chi connectivity index (χ0n) is 12.5. The Morgan fingerprint density at radius 2 is 2.05 bits per heavy atom. The Morgan fingerprint density at radius 1 is 1.20 bits per heavy atom. The molecule has 2 rings (SSSR count). The van der Waals surface area contributed by atoms with E-state index in [9.17, 15) is 10.2 Å². The molecule has 4 atom stereocenters. The van der Waals surface area contributed by atoms with Crippen LogP contribution in [0.3, 0.4) is 0 Å². The maximum atomic E-state index is 10.1. The van der Waals surface area contributed by atoms with Gasteiger partial charge in [-0.1, -0.05) is 6.42 Å². The Bertz CT molecular complexity index is 277. The van der Waals surface area contributed by atoms with E-state index in [0.29, 0.717) is 38.3 Å². The molecule has 5 heteroatoms. The summed E-state index contributed by atoms with van der Waals surface area (Å²) in [6, 6.07) is 0.445. The number of nitrogens with zero attached hydrogens (tertiary/aromatic N) is 1. The van der Waals surface area contributed by atoms with Crippen LogP contribution in [0.5, 0.6) is 0 Å². The second-order valence-electron chi connectivity index (χ2n) is 6.09. The zero-order valence-corrected chi connectivity index (χ0v) is 12.5. The highest BCUT2D eigenvalue weighted by Crippen LogP contribution is 2.35. The van der Waals surface area contributed by atoms with Crippen molar-refractivity contribution in [3.8, 4) is 0 Å². The lowest BCUT2D eigenvalue weighted by molar-refractivity contribution is -0.0103. The van der Waals surface area contributed by atoms with Gasteiger partial charge in [-0.25, -0.2) is 0 Å². The number of β-amino-alcohol motifs (C(OH)–C–C–N with tert-alkyl or cyclic N) is 1. The van der Waals surface area contributed by atoms with Crippen molar-refractivity contribution in [2.24, 2.45) is 5.92 Å². The van der Waals surface area contributed by atoms with Gasteiger partial charge in [0.2, 0.25) is 0 Å². The van der Waals surface area contributed by atoms with Gasteiger partial charge in [0.25, 0.3) is 0 Å². The first kappa shape index (κ1) is 16.2. The van der Waals surface area contributed by atoms with Crippen molar-refractivity contribution in [2.75, 3.05) is 40.0 Å². The minimum absolute atomic E-state index is 0.143. The van der Waals surface area contributed by atoms with Crippen molar-refractivity contribution in [3.05, 3.63) is 0 Å². The lowest BCUT2D eigenvalue weighted by Gasteiger charge is -2.32. The third-order valence-corrected chi connectivity index (χ3v) is 4.63. The highest BCUT2D eigenvalue weighted by molar-refractivity contribution is 4.92. The Morgan fingerprint density at radius 3 is 2.75 bits per heavy atom. The van der Waals surface area contributed by atoms with Gasteiger partial charge in [0.1, 0.15) is 0 Å². The smallest absolute Gasteiger partial charge is 0.0900 e. The van der Waals surface area contributed by atoms with Crippen LogP contribution in [0.15, 0.2) is 0 Å². The van der Waals surface area contributed by atoms with Crippen LogP contribution in [0.4, 0.5) is 0 Å². The van der Waals surface area contributed by atoms with Crippen molar-refractivity contribution >= 4 is 0 Å². The van der Waals surface area contributed by atoms with Crippen LogP contribution in [-0.4, -0.2) is 73.4 Å². The quantitative estimate of drug-likeness (QED) is 0.641. The molecule has 4 unspecified atom stereocenters. The molecule has 0 radical (unpaired) electrons. The molecular formula is C15H29NO4. The minimum Gasteiger partial charge on any atom is -0.393 e. The summed E-state index contributed by atoms with van der Waals surface area (Å²) in [5.74, 6) is 0.402. The van der Waals surface area contributed by atoms with E-state index in [-0.39, 0.29) is 6.10 Å². The standard InChI is InChI=1S/C15H29NO4/c1-19-8-9-20-11-12(17)10-16-7-3-5-14(16)13-4-2-6-15(13)18/h12-15,17-18H,2-11H2,1H3. The van der Waals surface area contributed by atoms with Gasteiger partial charge in [0.05, 0.1) is 32.0 Å². The molecule has 0 aromatic heterocycles. The van der Waals surface area contributed by atoms with Gasteiger partial charge in [-0.15, -0.1) is 0 Å². The molecule has 20 heavy (non-hydrogen) atoms. The number of aliphatic hydroxyl groups is 2. The molecule has 0 amide bonds. The third-order valence-electron chi connectivity index (χ3n) is 4.63. The van der Waals surface area contributed by atoms with Gasteiger partial charge in [0.15, 0.2) is 0 Å². The number of rotatable bonds is 8. The Kier molecular flexibility index (Phi) is 6.71. The number of likely N-dealkylation sites (tertiary alicyclic amines) is 1.